The van der Waals surface area contributed by atoms with E-state index in [2.05, 4.69) is 10.2 Å². The fraction of sp³-hybridized carbons (Fsp3) is 0.500. The van der Waals surface area contributed by atoms with E-state index in [1.54, 1.807) is 0 Å². The highest BCUT2D eigenvalue weighted by Crippen LogP contribution is 2.32. The van der Waals surface area contributed by atoms with Crippen molar-refractivity contribution >= 4 is 19.7 Å². The molecule has 0 atom stereocenters. The Balaban J connectivity index is 2.35. The third kappa shape index (κ3) is 1.06. The zero-order valence-electron chi connectivity index (χ0n) is 5.90. The molecule has 1 aromatic heterocycles. The molecule has 1 saturated carbocycles. The Morgan fingerprint density at radius 3 is 2.73 bits per heavy atom. The maximum Gasteiger partial charge on any atom is 0.171 e. The quantitative estimate of drug-likeness (QED) is 0.407. The summed E-state index contributed by atoms with van der Waals surface area (Å²) in [5, 5.41) is 7.80. The Morgan fingerprint density at radius 1 is 1.55 bits per heavy atom. The van der Waals surface area contributed by atoms with Crippen molar-refractivity contribution in [3.05, 3.63) is 5.69 Å². The number of nitrogens with zero attached hydrogens (tertiary/aromatic N) is 3. The molecule has 1 aliphatic carbocycles. The van der Waals surface area contributed by atoms with E-state index in [4.69, 9.17) is 7.85 Å². The number of aldehydes is 1. The highest BCUT2D eigenvalue weighted by Gasteiger charge is 2.26. The molecule has 0 aromatic carbocycles. The van der Waals surface area contributed by atoms with Gasteiger partial charge in [0.2, 0.25) is 0 Å². The summed E-state index contributed by atoms with van der Waals surface area (Å²) in [4.78, 5) is 11.8. The van der Waals surface area contributed by atoms with Crippen LogP contribution in [0.3, 0.4) is 0 Å². The maximum atomic E-state index is 10.3. The zero-order chi connectivity index (χ0) is 7.84. The topological polar surface area (TPSA) is 47.8 Å². The average molecular weight is 147 g/mol. The van der Waals surface area contributed by atoms with Crippen LogP contribution in [0.1, 0.15) is 29.4 Å². The van der Waals surface area contributed by atoms with Crippen LogP contribution in [-0.2, 0) is 0 Å². The maximum absolute atomic E-state index is 10.3. The standard InChI is InChI=1S/C6H6BN3O/c7-6-5(3-11)8-10(9-6)4-1-2-4/h3-4H,1-2H2. The molecule has 0 spiro atoms. The number of carbonyl (C=O) groups is 1. The van der Waals surface area contributed by atoms with E-state index in [0.29, 0.717) is 12.3 Å². The second-order valence-corrected chi connectivity index (χ2v) is 2.64. The van der Waals surface area contributed by atoms with Gasteiger partial charge in [-0.1, -0.05) is 0 Å². The normalized spacial score (nSPS) is 16.7. The number of rotatable bonds is 2. The summed E-state index contributed by atoms with van der Waals surface area (Å²) in [6, 6.07) is 0.381. The minimum Gasteiger partial charge on any atom is -0.296 e. The predicted octanol–water partition coefficient (Wildman–Crippen LogP) is -0.781. The third-order valence-corrected chi connectivity index (χ3v) is 1.67. The van der Waals surface area contributed by atoms with Gasteiger partial charge in [-0.25, -0.2) is 0 Å². The lowest BCUT2D eigenvalue weighted by atomic mass is 10.0. The van der Waals surface area contributed by atoms with Crippen molar-refractivity contribution in [1.82, 2.24) is 15.0 Å². The lowest BCUT2D eigenvalue weighted by Gasteiger charge is -1.89. The van der Waals surface area contributed by atoms with Gasteiger partial charge in [-0.3, -0.25) is 4.79 Å². The molecular weight excluding hydrogens is 141 g/mol. The molecule has 0 bridgehead atoms. The van der Waals surface area contributed by atoms with E-state index in [0.717, 1.165) is 12.8 Å². The molecule has 1 fully saturated rings. The first-order valence-electron chi connectivity index (χ1n) is 3.48. The second kappa shape index (κ2) is 2.18. The van der Waals surface area contributed by atoms with Crippen molar-refractivity contribution in [1.29, 1.82) is 0 Å². The molecule has 1 heterocycles. The summed E-state index contributed by atoms with van der Waals surface area (Å²) < 4.78 is 0. The largest absolute Gasteiger partial charge is 0.296 e. The Kier molecular flexibility index (Phi) is 1.31. The smallest absolute Gasteiger partial charge is 0.171 e. The van der Waals surface area contributed by atoms with Gasteiger partial charge in [0, 0.05) is 5.59 Å². The molecule has 2 radical (unpaired) electrons. The number of hydrogen-bond acceptors (Lipinski definition) is 3. The van der Waals surface area contributed by atoms with Crippen LogP contribution >= 0.6 is 0 Å². The van der Waals surface area contributed by atoms with Crippen molar-refractivity contribution in [2.24, 2.45) is 0 Å². The molecule has 1 aliphatic rings. The zero-order valence-corrected chi connectivity index (χ0v) is 5.90. The fourth-order valence-electron chi connectivity index (χ4n) is 0.898. The first-order valence-corrected chi connectivity index (χ1v) is 3.48. The van der Waals surface area contributed by atoms with Gasteiger partial charge < -0.3 is 0 Å². The van der Waals surface area contributed by atoms with E-state index in [-0.39, 0.29) is 11.3 Å². The monoisotopic (exact) mass is 147 g/mol. The summed E-state index contributed by atoms with van der Waals surface area (Å²) in [5.74, 6) is 0. The van der Waals surface area contributed by atoms with Gasteiger partial charge in [0.25, 0.3) is 0 Å². The van der Waals surface area contributed by atoms with Crippen molar-refractivity contribution in [2.45, 2.75) is 18.9 Å². The molecular formula is C6H6BN3O. The summed E-state index contributed by atoms with van der Waals surface area (Å²) in [6.07, 6.45) is 2.81. The summed E-state index contributed by atoms with van der Waals surface area (Å²) in [7, 11) is 5.39. The lowest BCUT2D eigenvalue weighted by Crippen LogP contribution is -2.10. The lowest BCUT2D eigenvalue weighted by molar-refractivity contribution is 0.111. The van der Waals surface area contributed by atoms with Crippen LogP contribution in [0, 0.1) is 0 Å². The van der Waals surface area contributed by atoms with Gasteiger partial charge in [0.15, 0.2) is 6.29 Å². The highest BCUT2D eigenvalue weighted by molar-refractivity contribution is 6.33. The minimum absolute atomic E-state index is 0.229. The van der Waals surface area contributed by atoms with Gasteiger partial charge in [-0.15, -0.1) is 0 Å². The molecule has 2 rings (SSSR count). The summed E-state index contributed by atoms with van der Waals surface area (Å²) >= 11 is 0. The van der Waals surface area contributed by atoms with E-state index in [1.165, 1.54) is 4.80 Å². The van der Waals surface area contributed by atoms with Gasteiger partial charge in [0.1, 0.15) is 13.5 Å². The number of aromatic nitrogens is 3. The Morgan fingerprint density at radius 2 is 2.27 bits per heavy atom. The van der Waals surface area contributed by atoms with Gasteiger partial charge in [-0.05, 0) is 12.8 Å². The molecule has 0 saturated heterocycles. The van der Waals surface area contributed by atoms with E-state index in [1.807, 2.05) is 0 Å². The van der Waals surface area contributed by atoms with Crippen LogP contribution in [0.15, 0.2) is 0 Å². The third-order valence-electron chi connectivity index (χ3n) is 1.67. The molecule has 0 unspecified atom stereocenters. The van der Waals surface area contributed by atoms with Crippen LogP contribution in [0.2, 0.25) is 0 Å². The van der Waals surface area contributed by atoms with Crippen LogP contribution in [0.5, 0.6) is 0 Å². The molecule has 4 nitrogen and oxygen atoms in total. The van der Waals surface area contributed by atoms with Crippen molar-refractivity contribution < 1.29 is 4.79 Å². The Bertz CT molecular complexity index is 292. The molecule has 54 valence electrons. The Labute approximate surface area is 65.0 Å². The molecule has 0 amide bonds. The molecule has 1 aromatic rings. The summed E-state index contributed by atoms with van der Waals surface area (Å²) in [6.45, 7) is 0. The fourth-order valence-corrected chi connectivity index (χ4v) is 0.898. The van der Waals surface area contributed by atoms with Gasteiger partial charge in [-0.2, -0.15) is 15.0 Å². The highest BCUT2D eigenvalue weighted by atomic mass is 16.1. The average Bonchev–Trinajstić information content (AvgIpc) is 2.76. The van der Waals surface area contributed by atoms with E-state index < -0.39 is 0 Å². The van der Waals surface area contributed by atoms with Crippen molar-refractivity contribution in [3.63, 3.8) is 0 Å². The molecule has 5 heteroatoms. The van der Waals surface area contributed by atoms with Gasteiger partial charge in [0.05, 0.1) is 6.04 Å². The van der Waals surface area contributed by atoms with Crippen LogP contribution in [0.4, 0.5) is 0 Å². The summed E-state index contributed by atoms with van der Waals surface area (Å²) in [5.41, 5.74) is 0.476. The van der Waals surface area contributed by atoms with E-state index in [9.17, 15) is 4.79 Å². The SMILES string of the molecule is [B]c1nn(C2CC2)nc1C=O. The first kappa shape index (κ1) is 6.58. The molecule has 11 heavy (non-hydrogen) atoms. The van der Waals surface area contributed by atoms with Crippen LogP contribution in [0.25, 0.3) is 0 Å². The van der Waals surface area contributed by atoms with Gasteiger partial charge >= 0.3 is 0 Å². The number of hydrogen-bond donors (Lipinski definition) is 0. The number of carbonyl (C=O) groups excluding carboxylic acids is 1. The minimum atomic E-state index is 0.229. The van der Waals surface area contributed by atoms with Crippen LogP contribution in [-0.4, -0.2) is 29.1 Å². The second-order valence-electron chi connectivity index (χ2n) is 2.64. The van der Waals surface area contributed by atoms with Crippen molar-refractivity contribution in [2.75, 3.05) is 0 Å². The molecule has 0 N–H and O–H groups in total. The first-order chi connectivity index (χ1) is 5.31. The van der Waals surface area contributed by atoms with Crippen molar-refractivity contribution in [3.8, 4) is 0 Å². The van der Waals surface area contributed by atoms with Crippen LogP contribution < -0.4 is 5.59 Å². The molecule has 0 aliphatic heterocycles. The van der Waals surface area contributed by atoms with E-state index >= 15 is 0 Å². The Hall–Kier alpha value is -1.13. The predicted molar refractivity (Wildman–Crippen MR) is 39.1 cm³/mol.